The summed E-state index contributed by atoms with van der Waals surface area (Å²) < 4.78 is 5.46. The van der Waals surface area contributed by atoms with Crippen molar-refractivity contribution in [3.05, 3.63) is 23.7 Å². The molecule has 2 heterocycles. The second kappa shape index (κ2) is 5.43. The largest absolute Gasteiger partial charge is 0.456 e. The normalized spacial score (nSPS) is 27.1. The molecule has 1 saturated carbocycles. The highest BCUT2D eigenvalue weighted by atomic mass is 16.3. The van der Waals surface area contributed by atoms with Crippen molar-refractivity contribution in [1.29, 1.82) is 0 Å². The third kappa shape index (κ3) is 2.39. The number of rotatable bonds is 2. The number of carbonyl (C=O) groups is 2. The van der Waals surface area contributed by atoms with Gasteiger partial charge in [-0.1, -0.05) is 0 Å². The molecule has 2 aliphatic rings. The number of Topliss-reactive ketones (excluding diaryl/α,β-unsaturated/α-hetero) is 1. The van der Waals surface area contributed by atoms with Crippen LogP contribution in [-0.2, 0) is 4.79 Å². The van der Waals surface area contributed by atoms with E-state index in [-0.39, 0.29) is 17.9 Å². The fourth-order valence-corrected chi connectivity index (χ4v) is 3.57. The number of hydrogen-bond donors (Lipinski definition) is 0. The summed E-state index contributed by atoms with van der Waals surface area (Å²) in [7, 11) is 0. The number of aryl methyl sites for hydroxylation is 1. The molecule has 4 nitrogen and oxygen atoms in total. The smallest absolute Gasteiger partial charge is 0.289 e. The number of likely N-dealkylation sites (tertiary alicyclic amines) is 1. The second-order valence-corrected chi connectivity index (χ2v) is 5.94. The molecule has 0 bridgehead atoms. The van der Waals surface area contributed by atoms with Gasteiger partial charge < -0.3 is 9.32 Å². The first-order valence-corrected chi connectivity index (χ1v) is 7.57. The zero-order valence-electron chi connectivity index (χ0n) is 11.9. The number of amides is 1. The lowest BCUT2D eigenvalue weighted by Crippen LogP contribution is -2.48. The van der Waals surface area contributed by atoms with E-state index in [1.54, 1.807) is 6.07 Å². The summed E-state index contributed by atoms with van der Waals surface area (Å²) in [6.07, 6.45) is 5.66. The quantitative estimate of drug-likeness (QED) is 0.833. The van der Waals surface area contributed by atoms with Crippen LogP contribution in [0.25, 0.3) is 0 Å². The van der Waals surface area contributed by atoms with Gasteiger partial charge in [0.15, 0.2) is 5.76 Å². The second-order valence-electron chi connectivity index (χ2n) is 5.94. The molecule has 1 aromatic rings. The summed E-state index contributed by atoms with van der Waals surface area (Å²) in [5.74, 6) is 1.49. The van der Waals surface area contributed by atoms with Gasteiger partial charge in [-0.15, -0.1) is 0 Å². The number of furan rings is 1. The molecule has 1 aliphatic carbocycles. The van der Waals surface area contributed by atoms with E-state index in [2.05, 4.69) is 0 Å². The van der Waals surface area contributed by atoms with E-state index in [0.717, 1.165) is 44.4 Å². The van der Waals surface area contributed by atoms with Gasteiger partial charge in [0.1, 0.15) is 11.5 Å². The van der Waals surface area contributed by atoms with Crippen molar-refractivity contribution < 1.29 is 14.0 Å². The molecule has 20 heavy (non-hydrogen) atoms. The van der Waals surface area contributed by atoms with Gasteiger partial charge in [-0.25, -0.2) is 0 Å². The van der Waals surface area contributed by atoms with Crippen LogP contribution in [0, 0.1) is 12.8 Å². The number of nitrogens with zero attached hydrogens (tertiary/aromatic N) is 1. The maximum absolute atomic E-state index is 12.6. The van der Waals surface area contributed by atoms with Crippen LogP contribution in [0.3, 0.4) is 0 Å². The van der Waals surface area contributed by atoms with E-state index >= 15 is 0 Å². The Morgan fingerprint density at radius 1 is 1.25 bits per heavy atom. The summed E-state index contributed by atoms with van der Waals surface area (Å²) in [6.45, 7) is 2.58. The Labute approximate surface area is 119 Å². The molecular weight excluding hydrogens is 254 g/mol. The lowest BCUT2D eigenvalue weighted by atomic mass is 9.88. The van der Waals surface area contributed by atoms with Crippen LogP contribution in [-0.4, -0.2) is 29.2 Å². The molecule has 108 valence electrons. The molecule has 0 radical (unpaired) electrons. The Balaban J connectivity index is 1.81. The first kappa shape index (κ1) is 13.4. The van der Waals surface area contributed by atoms with Gasteiger partial charge in [-0.05, 0) is 51.2 Å². The molecule has 2 fully saturated rings. The molecule has 0 N–H and O–H groups in total. The van der Waals surface area contributed by atoms with Crippen molar-refractivity contribution in [3.8, 4) is 0 Å². The van der Waals surface area contributed by atoms with Crippen LogP contribution in [0.15, 0.2) is 16.5 Å². The lowest BCUT2D eigenvalue weighted by molar-refractivity contribution is -0.122. The molecule has 2 unspecified atom stereocenters. The standard InChI is InChI=1S/C16H21NO3/c1-11-8-9-15(20-11)16(19)17-10-3-2-6-13(17)12-5-4-7-14(12)18/h8-9,12-13H,2-7,10H2,1H3. The Morgan fingerprint density at radius 2 is 2.10 bits per heavy atom. The van der Waals surface area contributed by atoms with Crippen LogP contribution in [0.1, 0.15) is 54.8 Å². The van der Waals surface area contributed by atoms with Gasteiger partial charge in [0.2, 0.25) is 0 Å². The van der Waals surface area contributed by atoms with Crippen molar-refractivity contribution in [2.45, 2.75) is 51.5 Å². The summed E-state index contributed by atoms with van der Waals surface area (Å²) in [5, 5.41) is 0. The molecule has 1 aliphatic heterocycles. The minimum absolute atomic E-state index is 0.0512. The monoisotopic (exact) mass is 275 g/mol. The third-order valence-electron chi connectivity index (χ3n) is 4.58. The van der Waals surface area contributed by atoms with Gasteiger partial charge >= 0.3 is 0 Å². The Morgan fingerprint density at radius 3 is 2.75 bits per heavy atom. The highest BCUT2D eigenvalue weighted by molar-refractivity contribution is 5.92. The number of ketones is 1. The SMILES string of the molecule is Cc1ccc(C(=O)N2CCCCC2C2CCCC2=O)o1. The first-order valence-electron chi connectivity index (χ1n) is 7.57. The third-order valence-corrected chi connectivity index (χ3v) is 4.58. The molecule has 4 heteroatoms. The van der Waals surface area contributed by atoms with E-state index in [9.17, 15) is 9.59 Å². The highest BCUT2D eigenvalue weighted by Crippen LogP contribution is 2.33. The molecule has 1 aromatic heterocycles. The van der Waals surface area contributed by atoms with Crippen molar-refractivity contribution in [2.24, 2.45) is 5.92 Å². The number of hydrogen-bond acceptors (Lipinski definition) is 3. The Bertz CT molecular complexity index is 520. The summed E-state index contributed by atoms with van der Waals surface area (Å²) in [5.41, 5.74) is 0. The lowest BCUT2D eigenvalue weighted by Gasteiger charge is -2.38. The molecule has 0 aromatic carbocycles. The molecule has 3 rings (SSSR count). The molecular formula is C16H21NO3. The average Bonchev–Trinajstić information content (AvgIpc) is 3.07. The highest BCUT2D eigenvalue weighted by Gasteiger charge is 2.39. The maximum Gasteiger partial charge on any atom is 0.289 e. The van der Waals surface area contributed by atoms with Crippen LogP contribution in [0.2, 0.25) is 0 Å². The number of carbonyl (C=O) groups excluding carboxylic acids is 2. The summed E-state index contributed by atoms with van der Waals surface area (Å²) in [6, 6.07) is 3.63. The molecule has 0 spiro atoms. The number of piperidine rings is 1. The van der Waals surface area contributed by atoms with Gasteiger partial charge in [0.05, 0.1) is 0 Å². The van der Waals surface area contributed by atoms with Crippen molar-refractivity contribution in [3.63, 3.8) is 0 Å². The van der Waals surface area contributed by atoms with Crippen LogP contribution in [0.5, 0.6) is 0 Å². The van der Waals surface area contributed by atoms with E-state index in [0.29, 0.717) is 18.0 Å². The van der Waals surface area contributed by atoms with Crippen LogP contribution >= 0.6 is 0 Å². The molecule has 1 saturated heterocycles. The van der Waals surface area contributed by atoms with Gasteiger partial charge in [-0.2, -0.15) is 0 Å². The Hall–Kier alpha value is -1.58. The maximum atomic E-state index is 12.6. The fourth-order valence-electron chi connectivity index (χ4n) is 3.57. The van der Waals surface area contributed by atoms with Crippen molar-refractivity contribution in [2.75, 3.05) is 6.54 Å². The predicted molar refractivity (Wildman–Crippen MR) is 74.5 cm³/mol. The predicted octanol–water partition coefficient (Wildman–Crippen LogP) is 2.95. The average molecular weight is 275 g/mol. The van der Waals surface area contributed by atoms with E-state index in [1.165, 1.54) is 0 Å². The minimum atomic E-state index is -0.0532. The van der Waals surface area contributed by atoms with Crippen LogP contribution < -0.4 is 0 Å². The van der Waals surface area contributed by atoms with E-state index in [1.807, 2.05) is 17.9 Å². The summed E-state index contributed by atoms with van der Waals surface area (Å²) in [4.78, 5) is 26.5. The van der Waals surface area contributed by atoms with E-state index in [4.69, 9.17) is 4.42 Å². The summed E-state index contributed by atoms with van der Waals surface area (Å²) >= 11 is 0. The Kier molecular flexibility index (Phi) is 3.64. The van der Waals surface area contributed by atoms with E-state index < -0.39 is 0 Å². The zero-order valence-corrected chi connectivity index (χ0v) is 11.9. The van der Waals surface area contributed by atoms with Crippen molar-refractivity contribution in [1.82, 2.24) is 4.90 Å². The zero-order chi connectivity index (χ0) is 14.1. The minimum Gasteiger partial charge on any atom is -0.456 e. The molecule has 2 atom stereocenters. The topological polar surface area (TPSA) is 50.5 Å². The first-order chi connectivity index (χ1) is 9.66. The fraction of sp³-hybridized carbons (Fsp3) is 0.625. The molecule has 1 amide bonds. The van der Waals surface area contributed by atoms with Gasteiger partial charge in [0, 0.05) is 24.9 Å². The van der Waals surface area contributed by atoms with Crippen LogP contribution in [0.4, 0.5) is 0 Å². The van der Waals surface area contributed by atoms with Gasteiger partial charge in [0.25, 0.3) is 5.91 Å². The van der Waals surface area contributed by atoms with Crippen molar-refractivity contribution >= 4 is 11.7 Å². The van der Waals surface area contributed by atoms with Gasteiger partial charge in [-0.3, -0.25) is 9.59 Å².